The minimum Gasteiger partial charge on any atom is -0.507 e. The summed E-state index contributed by atoms with van der Waals surface area (Å²) in [5.74, 6) is 0.784. The minimum absolute atomic E-state index is 0.178. The number of benzene rings is 2. The van der Waals surface area contributed by atoms with Crippen LogP contribution in [0.1, 0.15) is 112 Å². The van der Waals surface area contributed by atoms with Crippen molar-refractivity contribution >= 4 is 11.8 Å². The van der Waals surface area contributed by atoms with Gasteiger partial charge >= 0.3 is 0 Å². The van der Waals surface area contributed by atoms with Crippen molar-refractivity contribution in [1.82, 2.24) is 0 Å². The third-order valence-electron chi connectivity index (χ3n) is 6.17. The molecule has 0 saturated heterocycles. The van der Waals surface area contributed by atoms with E-state index in [-0.39, 0.29) is 21.7 Å². The molecule has 0 aromatic heterocycles. The quantitative estimate of drug-likeness (QED) is 0.426. The number of phenolic OH excluding ortho intramolecular Hbond substituents is 2. The first-order valence-corrected chi connectivity index (χ1v) is 13.1. The summed E-state index contributed by atoms with van der Waals surface area (Å²) in [4.78, 5) is 2.20. The molecule has 2 aromatic carbocycles. The summed E-state index contributed by atoms with van der Waals surface area (Å²) in [6.07, 6.45) is 2.22. The van der Waals surface area contributed by atoms with Crippen molar-refractivity contribution in [3.05, 3.63) is 58.2 Å². The summed E-state index contributed by atoms with van der Waals surface area (Å²) < 4.78 is 0. The zero-order valence-corrected chi connectivity index (χ0v) is 24.5. The molecule has 0 unspecified atom stereocenters. The third kappa shape index (κ3) is 6.42. The predicted octanol–water partition coefficient (Wildman–Crippen LogP) is 9.39. The van der Waals surface area contributed by atoms with Crippen LogP contribution in [-0.2, 0) is 21.7 Å². The first-order valence-electron chi connectivity index (χ1n) is 12.2. The maximum Gasteiger partial charge on any atom is 0.123 e. The van der Waals surface area contributed by atoms with Crippen LogP contribution in [0.4, 0.5) is 0 Å². The van der Waals surface area contributed by atoms with Crippen molar-refractivity contribution in [1.29, 1.82) is 0 Å². The predicted molar refractivity (Wildman–Crippen MR) is 149 cm³/mol. The fourth-order valence-electron chi connectivity index (χ4n) is 4.48. The Kier molecular flexibility index (Phi) is 7.76. The highest BCUT2D eigenvalue weighted by atomic mass is 32.2. The molecule has 0 spiro atoms. The first kappa shape index (κ1) is 28.4. The molecule has 3 heteroatoms. The normalized spacial score (nSPS) is 13.2. The number of phenols is 2. The van der Waals surface area contributed by atoms with Gasteiger partial charge in [0.1, 0.15) is 11.5 Å². The maximum absolute atomic E-state index is 11.3. The van der Waals surface area contributed by atoms with E-state index in [4.69, 9.17) is 0 Å². The molecular weight excluding hydrogens is 436 g/mol. The van der Waals surface area contributed by atoms with Crippen LogP contribution in [0.15, 0.2) is 45.7 Å². The van der Waals surface area contributed by atoms with Gasteiger partial charge < -0.3 is 10.2 Å². The smallest absolute Gasteiger partial charge is 0.123 e. The van der Waals surface area contributed by atoms with E-state index in [1.54, 1.807) is 11.8 Å². The molecule has 2 aromatic rings. The molecule has 0 saturated carbocycles. The number of hydrogen-bond acceptors (Lipinski definition) is 3. The van der Waals surface area contributed by atoms with E-state index in [1.807, 2.05) is 0 Å². The van der Waals surface area contributed by atoms with Crippen LogP contribution in [0.5, 0.6) is 11.5 Å². The average molecular weight is 483 g/mol. The van der Waals surface area contributed by atoms with Gasteiger partial charge in [-0.2, -0.15) is 0 Å². The van der Waals surface area contributed by atoms with Gasteiger partial charge in [0.15, 0.2) is 0 Å². The van der Waals surface area contributed by atoms with Gasteiger partial charge in [0.05, 0.1) is 0 Å². The van der Waals surface area contributed by atoms with Crippen LogP contribution in [0, 0.1) is 0 Å². The topological polar surface area (TPSA) is 40.5 Å². The van der Waals surface area contributed by atoms with E-state index in [0.717, 1.165) is 32.0 Å². The monoisotopic (exact) mass is 482 g/mol. The van der Waals surface area contributed by atoms with Crippen LogP contribution in [0.3, 0.4) is 0 Å². The summed E-state index contributed by atoms with van der Waals surface area (Å²) in [6.45, 7) is 27.8. The van der Waals surface area contributed by atoms with Crippen molar-refractivity contribution in [2.24, 2.45) is 0 Å². The van der Waals surface area contributed by atoms with Crippen molar-refractivity contribution in [3.63, 3.8) is 0 Å². The average Bonchev–Trinajstić information content (AvgIpc) is 2.60. The van der Waals surface area contributed by atoms with Crippen molar-refractivity contribution in [2.45, 2.75) is 121 Å². The number of aromatic hydroxyl groups is 2. The van der Waals surface area contributed by atoms with Gasteiger partial charge in [0.2, 0.25) is 0 Å². The van der Waals surface area contributed by atoms with Crippen LogP contribution < -0.4 is 0 Å². The molecule has 0 heterocycles. The molecule has 0 aliphatic rings. The molecule has 34 heavy (non-hydrogen) atoms. The van der Waals surface area contributed by atoms with E-state index in [1.165, 1.54) is 5.57 Å². The first-order chi connectivity index (χ1) is 15.1. The van der Waals surface area contributed by atoms with E-state index in [0.29, 0.717) is 11.5 Å². The zero-order valence-electron chi connectivity index (χ0n) is 23.7. The summed E-state index contributed by atoms with van der Waals surface area (Å²) in [6, 6.07) is 8.51. The Morgan fingerprint density at radius 3 is 1.18 bits per heavy atom. The van der Waals surface area contributed by atoms with Gasteiger partial charge in [-0.1, -0.05) is 99.6 Å². The Labute approximate surface area is 212 Å². The fourth-order valence-corrected chi connectivity index (χ4v) is 5.45. The molecule has 2 nitrogen and oxygen atoms in total. The van der Waals surface area contributed by atoms with Gasteiger partial charge in [0.25, 0.3) is 0 Å². The molecule has 0 aliphatic heterocycles. The van der Waals surface area contributed by atoms with Crippen LogP contribution >= 0.6 is 11.8 Å². The molecule has 0 radical (unpaired) electrons. The SMILES string of the molecule is CC(C)=CC(C)(C)c1cc(Sc2cc(C(C)(C)C)c(O)c(C(C)(C)C)c2)cc(C(C)(C)C)c1O. The summed E-state index contributed by atoms with van der Waals surface area (Å²) in [7, 11) is 0. The second-order valence-electron chi connectivity index (χ2n) is 13.5. The summed E-state index contributed by atoms with van der Waals surface area (Å²) in [5, 5.41) is 22.5. The van der Waals surface area contributed by atoms with Crippen LogP contribution in [0.2, 0.25) is 0 Å². The fraction of sp³-hybridized carbons (Fsp3) is 0.548. The zero-order chi connectivity index (χ0) is 26.4. The molecular formula is C31H46O2S. The lowest BCUT2D eigenvalue weighted by atomic mass is 9.78. The Bertz CT molecular complexity index is 1050. The van der Waals surface area contributed by atoms with E-state index >= 15 is 0 Å². The molecule has 188 valence electrons. The van der Waals surface area contributed by atoms with E-state index in [9.17, 15) is 10.2 Å². The van der Waals surface area contributed by atoms with Crippen molar-refractivity contribution < 1.29 is 10.2 Å². The molecule has 0 amide bonds. The molecule has 2 N–H and O–H groups in total. The number of hydrogen-bond donors (Lipinski definition) is 2. The second-order valence-corrected chi connectivity index (χ2v) is 14.7. The van der Waals surface area contributed by atoms with Gasteiger partial charge in [-0.15, -0.1) is 0 Å². The third-order valence-corrected chi connectivity index (χ3v) is 7.11. The second kappa shape index (κ2) is 9.30. The van der Waals surface area contributed by atoms with Crippen molar-refractivity contribution in [3.8, 4) is 11.5 Å². The molecule has 0 bridgehead atoms. The van der Waals surface area contributed by atoms with E-state index < -0.39 is 0 Å². The Morgan fingerprint density at radius 2 is 0.882 bits per heavy atom. The number of rotatable bonds is 4. The Morgan fingerprint density at radius 1 is 0.588 bits per heavy atom. The largest absolute Gasteiger partial charge is 0.507 e. The number of allylic oxidation sites excluding steroid dienone is 2. The van der Waals surface area contributed by atoms with Crippen molar-refractivity contribution in [2.75, 3.05) is 0 Å². The minimum atomic E-state index is -0.304. The van der Waals surface area contributed by atoms with Gasteiger partial charge in [0, 0.05) is 37.5 Å². The Balaban J connectivity index is 2.79. The lowest BCUT2D eigenvalue weighted by Gasteiger charge is -2.30. The lowest BCUT2D eigenvalue weighted by Crippen LogP contribution is -2.19. The Hall–Kier alpha value is -1.87. The summed E-state index contributed by atoms with van der Waals surface area (Å²) in [5.41, 5.74) is 4.18. The van der Waals surface area contributed by atoms with E-state index in [2.05, 4.69) is 120 Å². The molecule has 0 aliphatic carbocycles. The highest BCUT2D eigenvalue weighted by molar-refractivity contribution is 7.99. The maximum atomic E-state index is 11.3. The van der Waals surface area contributed by atoms with Gasteiger partial charge in [-0.25, -0.2) is 0 Å². The molecule has 2 rings (SSSR count). The highest BCUT2D eigenvalue weighted by Gasteiger charge is 2.30. The summed E-state index contributed by atoms with van der Waals surface area (Å²) >= 11 is 1.70. The molecule has 0 fully saturated rings. The molecule has 0 atom stereocenters. The highest BCUT2D eigenvalue weighted by Crippen LogP contribution is 2.46. The van der Waals surface area contributed by atoms with Crippen LogP contribution in [-0.4, -0.2) is 10.2 Å². The van der Waals surface area contributed by atoms with Gasteiger partial charge in [-0.05, 0) is 54.4 Å². The lowest BCUT2D eigenvalue weighted by molar-refractivity contribution is 0.422. The standard InChI is InChI=1S/C31H46O2S/c1-19(2)18-31(12,13)25-17-21(16-24(27(25)33)30(9,10)11)34-20-14-22(28(3,4)5)26(32)23(15-20)29(6,7)8/h14-18,32-33H,1-13H3. The van der Waals surface area contributed by atoms with Crippen LogP contribution in [0.25, 0.3) is 0 Å². The van der Waals surface area contributed by atoms with Gasteiger partial charge in [-0.3, -0.25) is 0 Å².